The summed E-state index contributed by atoms with van der Waals surface area (Å²) >= 11 is 12.0. The molecule has 0 fully saturated rings. The summed E-state index contributed by atoms with van der Waals surface area (Å²) in [7, 11) is 0. The number of rotatable bonds is 8. The molecule has 0 aromatic heterocycles. The Bertz CT molecular complexity index is 1170. The van der Waals surface area contributed by atoms with Gasteiger partial charge in [0.1, 0.15) is 11.6 Å². The molecule has 0 spiro atoms. The molecule has 8 heteroatoms. The summed E-state index contributed by atoms with van der Waals surface area (Å²) in [5.74, 6) is -1.58. The van der Waals surface area contributed by atoms with E-state index in [0.717, 1.165) is 12.5 Å². The van der Waals surface area contributed by atoms with E-state index in [1.165, 1.54) is 24.3 Å². The van der Waals surface area contributed by atoms with Gasteiger partial charge < -0.3 is 15.2 Å². The van der Waals surface area contributed by atoms with Crippen molar-refractivity contribution in [3.05, 3.63) is 87.2 Å². The predicted octanol–water partition coefficient (Wildman–Crippen LogP) is 6.22. The molecule has 0 unspecified atom stereocenters. The van der Waals surface area contributed by atoms with E-state index >= 15 is 0 Å². The number of carboxylic acids is 1. The number of hydrogen-bond donors (Lipinski definition) is 2. The van der Waals surface area contributed by atoms with E-state index in [2.05, 4.69) is 5.32 Å². The van der Waals surface area contributed by atoms with Gasteiger partial charge >= 0.3 is 5.97 Å². The maximum absolute atomic E-state index is 14.4. The Morgan fingerprint density at radius 2 is 1.84 bits per heavy atom. The van der Waals surface area contributed by atoms with Crippen molar-refractivity contribution in [3.63, 3.8) is 0 Å². The first kappa shape index (κ1) is 23.6. The van der Waals surface area contributed by atoms with Crippen LogP contribution in [0.3, 0.4) is 0 Å². The summed E-state index contributed by atoms with van der Waals surface area (Å²) in [6, 6.07) is 13.2. The number of ether oxygens (including phenoxy) is 1. The third kappa shape index (κ3) is 5.58. The molecular formula is C24H20Cl2FNO4. The molecule has 3 aromatic rings. The average Bonchev–Trinajstić information content (AvgIpc) is 2.76. The van der Waals surface area contributed by atoms with Crippen LogP contribution in [0, 0.1) is 5.82 Å². The third-order valence-electron chi connectivity index (χ3n) is 4.66. The van der Waals surface area contributed by atoms with E-state index in [-0.39, 0.29) is 28.3 Å². The summed E-state index contributed by atoms with van der Waals surface area (Å²) in [5.41, 5.74) is 1.45. The number of halogens is 3. The Morgan fingerprint density at radius 3 is 2.53 bits per heavy atom. The van der Waals surface area contributed by atoms with Crippen LogP contribution in [0.1, 0.15) is 39.6 Å². The minimum absolute atomic E-state index is 0.0278. The van der Waals surface area contributed by atoms with Crippen molar-refractivity contribution in [2.75, 3.05) is 6.61 Å². The average molecular weight is 476 g/mol. The summed E-state index contributed by atoms with van der Waals surface area (Å²) in [4.78, 5) is 23.9. The first-order valence-electron chi connectivity index (χ1n) is 9.82. The van der Waals surface area contributed by atoms with Crippen LogP contribution in [0.15, 0.2) is 54.6 Å². The molecule has 0 aliphatic carbocycles. The molecule has 3 aromatic carbocycles. The zero-order valence-corrected chi connectivity index (χ0v) is 18.6. The minimum atomic E-state index is -1.15. The highest BCUT2D eigenvalue weighted by atomic mass is 35.5. The molecular weight excluding hydrogens is 456 g/mol. The number of nitrogens with one attached hydrogen (secondary N) is 1. The van der Waals surface area contributed by atoms with Crippen molar-refractivity contribution < 1.29 is 23.8 Å². The van der Waals surface area contributed by atoms with Crippen molar-refractivity contribution in [2.45, 2.75) is 19.9 Å². The topological polar surface area (TPSA) is 75.6 Å². The van der Waals surface area contributed by atoms with Gasteiger partial charge in [0.15, 0.2) is 0 Å². The van der Waals surface area contributed by atoms with Gasteiger partial charge in [0.25, 0.3) is 5.91 Å². The predicted molar refractivity (Wildman–Crippen MR) is 122 cm³/mol. The second-order valence-electron chi connectivity index (χ2n) is 6.98. The number of aromatic carboxylic acids is 1. The van der Waals surface area contributed by atoms with Gasteiger partial charge in [-0.05, 0) is 60.5 Å². The summed E-state index contributed by atoms with van der Waals surface area (Å²) < 4.78 is 20.2. The molecule has 0 heterocycles. The van der Waals surface area contributed by atoms with Crippen LogP contribution < -0.4 is 10.1 Å². The van der Waals surface area contributed by atoms with Gasteiger partial charge in [-0.3, -0.25) is 4.79 Å². The van der Waals surface area contributed by atoms with Crippen molar-refractivity contribution in [1.29, 1.82) is 0 Å². The summed E-state index contributed by atoms with van der Waals surface area (Å²) in [5, 5.41) is 12.6. The molecule has 0 saturated carbocycles. The number of amides is 1. The smallest absolute Gasteiger partial charge is 0.335 e. The molecule has 2 N–H and O–H groups in total. The molecule has 1 amide bonds. The van der Waals surface area contributed by atoms with Crippen LogP contribution >= 0.6 is 23.2 Å². The van der Waals surface area contributed by atoms with E-state index in [1.807, 2.05) is 6.92 Å². The number of hydrogen-bond acceptors (Lipinski definition) is 3. The highest BCUT2D eigenvalue weighted by Gasteiger charge is 2.15. The first-order chi connectivity index (χ1) is 15.3. The quantitative estimate of drug-likeness (QED) is 0.405. The van der Waals surface area contributed by atoms with Gasteiger partial charge in [0, 0.05) is 22.7 Å². The number of carboxylic acid groups (broad SMARTS) is 1. The second kappa shape index (κ2) is 10.5. The van der Waals surface area contributed by atoms with Crippen LogP contribution in [0.4, 0.5) is 4.39 Å². The van der Waals surface area contributed by atoms with Crippen molar-refractivity contribution in [2.24, 2.45) is 0 Å². The van der Waals surface area contributed by atoms with Gasteiger partial charge in [-0.2, -0.15) is 0 Å². The van der Waals surface area contributed by atoms with E-state index in [9.17, 15) is 19.1 Å². The minimum Gasteiger partial charge on any atom is -0.493 e. The van der Waals surface area contributed by atoms with E-state index in [1.54, 1.807) is 24.3 Å². The largest absolute Gasteiger partial charge is 0.493 e. The van der Waals surface area contributed by atoms with Crippen molar-refractivity contribution in [3.8, 4) is 16.9 Å². The van der Waals surface area contributed by atoms with Gasteiger partial charge in [-0.25, -0.2) is 9.18 Å². The van der Waals surface area contributed by atoms with Gasteiger partial charge in [0.05, 0.1) is 22.8 Å². The Labute approximate surface area is 194 Å². The lowest BCUT2D eigenvalue weighted by molar-refractivity contribution is 0.0696. The van der Waals surface area contributed by atoms with E-state index in [4.69, 9.17) is 27.9 Å². The highest BCUT2D eigenvalue weighted by Crippen LogP contribution is 2.30. The van der Waals surface area contributed by atoms with Crippen LogP contribution in [0.5, 0.6) is 5.75 Å². The lowest BCUT2D eigenvalue weighted by atomic mass is 9.99. The number of carbonyl (C=O) groups is 2. The Hall–Kier alpha value is -3.09. The third-order valence-corrected chi connectivity index (χ3v) is 5.21. The SMILES string of the molecule is CCCOc1ccc(-c2cc(C(=O)O)ccc2F)cc1CNC(=O)c1ccc(Cl)cc1Cl. The summed E-state index contributed by atoms with van der Waals surface area (Å²) in [6.45, 7) is 2.52. The van der Waals surface area contributed by atoms with Crippen LogP contribution in [0.25, 0.3) is 11.1 Å². The molecule has 32 heavy (non-hydrogen) atoms. The Kier molecular flexibility index (Phi) is 7.72. The van der Waals surface area contributed by atoms with Crippen LogP contribution in [0.2, 0.25) is 10.0 Å². The fourth-order valence-corrected chi connectivity index (χ4v) is 3.56. The fourth-order valence-electron chi connectivity index (χ4n) is 3.06. The monoisotopic (exact) mass is 475 g/mol. The molecule has 0 saturated heterocycles. The van der Waals surface area contributed by atoms with Crippen molar-refractivity contribution >= 4 is 35.1 Å². The molecule has 0 bridgehead atoms. The number of benzene rings is 3. The maximum atomic E-state index is 14.4. The van der Waals surface area contributed by atoms with Crippen LogP contribution in [-0.4, -0.2) is 23.6 Å². The van der Waals surface area contributed by atoms with E-state index in [0.29, 0.717) is 28.5 Å². The zero-order chi connectivity index (χ0) is 23.3. The molecule has 0 aliphatic rings. The Balaban J connectivity index is 1.92. The van der Waals surface area contributed by atoms with Gasteiger partial charge in [-0.1, -0.05) is 36.2 Å². The zero-order valence-electron chi connectivity index (χ0n) is 17.1. The lowest BCUT2D eigenvalue weighted by Gasteiger charge is -2.15. The van der Waals surface area contributed by atoms with E-state index < -0.39 is 17.7 Å². The highest BCUT2D eigenvalue weighted by molar-refractivity contribution is 6.36. The molecule has 3 rings (SSSR count). The van der Waals surface area contributed by atoms with Crippen LogP contribution in [-0.2, 0) is 6.54 Å². The number of carbonyl (C=O) groups excluding carboxylic acids is 1. The second-order valence-corrected chi connectivity index (χ2v) is 7.82. The fraction of sp³-hybridized carbons (Fsp3) is 0.167. The van der Waals surface area contributed by atoms with Crippen molar-refractivity contribution in [1.82, 2.24) is 5.32 Å². The van der Waals surface area contributed by atoms with Gasteiger partial charge in [0.2, 0.25) is 0 Å². The standard InChI is InChI=1S/C24H20Cl2FNO4/c1-2-9-32-22-8-4-14(19-11-15(24(30)31)3-7-21(19)27)10-16(22)13-28-23(29)18-6-5-17(25)12-20(18)26/h3-8,10-12H,2,9,13H2,1H3,(H,28,29)(H,30,31). The molecule has 5 nitrogen and oxygen atoms in total. The maximum Gasteiger partial charge on any atom is 0.335 e. The molecule has 0 atom stereocenters. The summed E-state index contributed by atoms with van der Waals surface area (Å²) in [6.07, 6.45) is 0.781. The molecule has 0 radical (unpaired) electrons. The Morgan fingerprint density at radius 1 is 1.06 bits per heavy atom. The van der Waals surface area contributed by atoms with Gasteiger partial charge in [-0.15, -0.1) is 0 Å². The first-order valence-corrected chi connectivity index (χ1v) is 10.6. The molecule has 166 valence electrons. The lowest BCUT2D eigenvalue weighted by Crippen LogP contribution is -2.23. The normalized spacial score (nSPS) is 10.6. The molecule has 0 aliphatic heterocycles.